The molecule has 1 atom stereocenters. The van der Waals surface area contributed by atoms with Crippen LogP contribution in [0, 0.1) is 0 Å². The van der Waals surface area contributed by atoms with Crippen molar-refractivity contribution in [3.05, 3.63) is 40.3 Å². The molecule has 5 nitrogen and oxygen atoms in total. The summed E-state index contributed by atoms with van der Waals surface area (Å²) in [5.41, 5.74) is 1.75. The highest BCUT2D eigenvalue weighted by atomic mass is 32.2. The minimum Gasteiger partial charge on any atom is -0.496 e. The van der Waals surface area contributed by atoms with Crippen LogP contribution in [0.1, 0.15) is 45.1 Å². The lowest BCUT2D eigenvalue weighted by molar-refractivity contribution is -0.143. The van der Waals surface area contributed by atoms with Crippen LogP contribution in [0.3, 0.4) is 0 Å². The zero-order chi connectivity index (χ0) is 18.7. The first kappa shape index (κ1) is 18.7. The van der Waals surface area contributed by atoms with Crippen molar-refractivity contribution in [2.75, 3.05) is 13.7 Å². The molecule has 26 heavy (non-hydrogen) atoms. The number of esters is 1. The third-order valence-electron chi connectivity index (χ3n) is 4.63. The fourth-order valence-electron chi connectivity index (χ4n) is 3.25. The first-order chi connectivity index (χ1) is 12.5. The molecule has 1 saturated heterocycles. The van der Waals surface area contributed by atoms with Gasteiger partial charge in [-0.2, -0.15) is 0 Å². The van der Waals surface area contributed by atoms with E-state index in [0.717, 1.165) is 18.4 Å². The summed E-state index contributed by atoms with van der Waals surface area (Å²) in [6.45, 7) is 4.40. The van der Waals surface area contributed by atoms with Crippen LogP contribution in [0.2, 0.25) is 0 Å². The highest BCUT2D eigenvalue weighted by molar-refractivity contribution is 7.92. The molecule has 0 bridgehead atoms. The van der Waals surface area contributed by atoms with Gasteiger partial charge in [-0.3, -0.25) is 0 Å². The molecule has 1 spiro atoms. The standard InChI is InChI=1S/C20H24O5S/c1-14(2)9-12-24-17-8-6-7-16(23-3)15(17)13-18-19(21)25-20(26(18)22)10-4-5-11-20/h6-9,13H,4-5,10-12H2,1-3H3/b18-13+. The average molecular weight is 376 g/mol. The summed E-state index contributed by atoms with van der Waals surface area (Å²) < 4.78 is 29.8. The summed E-state index contributed by atoms with van der Waals surface area (Å²) in [4.78, 5) is 11.7. The number of ether oxygens (including phenoxy) is 3. The van der Waals surface area contributed by atoms with Crippen LogP contribution in [-0.4, -0.2) is 28.8 Å². The first-order valence-electron chi connectivity index (χ1n) is 8.77. The van der Waals surface area contributed by atoms with Gasteiger partial charge < -0.3 is 14.2 Å². The first-order valence-corrected chi connectivity index (χ1v) is 9.92. The Balaban J connectivity index is 1.97. The van der Waals surface area contributed by atoms with Crippen molar-refractivity contribution in [2.45, 2.75) is 44.5 Å². The second-order valence-electron chi connectivity index (χ2n) is 6.75. The number of rotatable bonds is 5. The van der Waals surface area contributed by atoms with Gasteiger partial charge >= 0.3 is 5.97 Å². The van der Waals surface area contributed by atoms with E-state index in [4.69, 9.17) is 14.2 Å². The molecule has 1 unspecified atom stereocenters. The van der Waals surface area contributed by atoms with Gasteiger partial charge in [0, 0.05) is 0 Å². The van der Waals surface area contributed by atoms with Gasteiger partial charge in [-0.1, -0.05) is 11.6 Å². The van der Waals surface area contributed by atoms with Crippen LogP contribution >= 0.6 is 0 Å². The Bertz CT molecular complexity index is 783. The summed E-state index contributed by atoms with van der Waals surface area (Å²) in [6.07, 6.45) is 6.72. The third-order valence-corrected chi connectivity index (χ3v) is 6.49. The maximum atomic E-state index is 13.0. The summed E-state index contributed by atoms with van der Waals surface area (Å²) in [6, 6.07) is 5.41. The number of hydrogen-bond acceptors (Lipinski definition) is 5. The van der Waals surface area contributed by atoms with Gasteiger partial charge in [-0.25, -0.2) is 9.00 Å². The lowest BCUT2D eigenvalue weighted by Gasteiger charge is -2.18. The van der Waals surface area contributed by atoms with Crippen molar-refractivity contribution in [1.82, 2.24) is 0 Å². The van der Waals surface area contributed by atoms with E-state index in [1.54, 1.807) is 19.3 Å². The van der Waals surface area contributed by atoms with Gasteiger partial charge in [-0.15, -0.1) is 0 Å². The summed E-state index contributed by atoms with van der Waals surface area (Å²) in [5, 5.41) is 0. The van der Waals surface area contributed by atoms with Crippen LogP contribution in [0.5, 0.6) is 11.5 Å². The van der Waals surface area contributed by atoms with Crippen molar-refractivity contribution in [2.24, 2.45) is 0 Å². The molecule has 1 aromatic rings. The molecule has 1 aromatic carbocycles. The van der Waals surface area contributed by atoms with Crippen molar-refractivity contribution >= 4 is 22.8 Å². The van der Waals surface area contributed by atoms with Gasteiger partial charge in [0.25, 0.3) is 0 Å². The van der Waals surface area contributed by atoms with Crippen molar-refractivity contribution < 1.29 is 23.2 Å². The van der Waals surface area contributed by atoms with Gasteiger partial charge in [-0.05, 0) is 63.8 Å². The summed E-state index contributed by atoms with van der Waals surface area (Å²) in [5.74, 6) is 0.627. The summed E-state index contributed by atoms with van der Waals surface area (Å²) in [7, 11) is 0.0647. The Morgan fingerprint density at radius 2 is 1.96 bits per heavy atom. The Morgan fingerprint density at radius 1 is 1.27 bits per heavy atom. The average Bonchev–Trinajstić information content (AvgIpc) is 3.16. The monoisotopic (exact) mass is 376 g/mol. The molecule has 2 aliphatic rings. The van der Waals surface area contributed by atoms with Gasteiger partial charge in [0.15, 0.2) is 4.93 Å². The Hall–Kier alpha value is -2.08. The fraction of sp³-hybridized carbons (Fsp3) is 0.450. The molecule has 1 saturated carbocycles. The maximum Gasteiger partial charge on any atom is 0.348 e. The fourth-order valence-corrected chi connectivity index (χ4v) is 4.88. The molecule has 1 aliphatic carbocycles. The second kappa shape index (κ2) is 7.66. The third kappa shape index (κ3) is 3.56. The number of carbonyl (C=O) groups excluding carboxylic acids is 1. The highest BCUT2D eigenvalue weighted by Crippen LogP contribution is 2.45. The van der Waals surface area contributed by atoms with Crippen LogP contribution < -0.4 is 9.47 Å². The molecule has 0 N–H and O–H groups in total. The number of allylic oxidation sites excluding steroid dienone is 1. The largest absolute Gasteiger partial charge is 0.496 e. The topological polar surface area (TPSA) is 61.8 Å². The van der Waals surface area contributed by atoms with Crippen LogP contribution in [0.15, 0.2) is 34.8 Å². The van der Waals surface area contributed by atoms with E-state index < -0.39 is 21.7 Å². The lowest BCUT2D eigenvalue weighted by Crippen LogP contribution is -2.27. The molecule has 1 heterocycles. The van der Waals surface area contributed by atoms with E-state index in [2.05, 4.69) is 0 Å². The summed E-state index contributed by atoms with van der Waals surface area (Å²) >= 11 is 0. The minimum absolute atomic E-state index is 0.184. The quantitative estimate of drug-likeness (QED) is 0.442. The molecule has 1 aliphatic heterocycles. The molecule has 140 valence electrons. The molecular formula is C20H24O5S. The maximum absolute atomic E-state index is 13.0. The van der Waals surface area contributed by atoms with Crippen LogP contribution in [-0.2, 0) is 20.3 Å². The second-order valence-corrected chi connectivity index (χ2v) is 8.47. The van der Waals surface area contributed by atoms with Gasteiger partial charge in [0.05, 0.1) is 12.7 Å². The van der Waals surface area contributed by atoms with Crippen molar-refractivity contribution in [3.8, 4) is 11.5 Å². The Labute approximate surface area is 156 Å². The van der Waals surface area contributed by atoms with Crippen molar-refractivity contribution in [3.63, 3.8) is 0 Å². The number of methoxy groups -OCH3 is 1. The van der Waals surface area contributed by atoms with E-state index >= 15 is 0 Å². The zero-order valence-electron chi connectivity index (χ0n) is 15.4. The molecular weight excluding hydrogens is 352 g/mol. The predicted octanol–water partition coefficient (Wildman–Crippen LogP) is 3.96. The van der Waals surface area contributed by atoms with Gasteiger partial charge in [0.2, 0.25) is 0 Å². The van der Waals surface area contributed by atoms with Crippen molar-refractivity contribution in [1.29, 1.82) is 0 Å². The van der Waals surface area contributed by atoms with Crippen LogP contribution in [0.25, 0.3) is 6.08 Å². The lowest BCUT2D eigenvalue weighted by atomic mass is 10.1. The number of hydrogen-bond donors (Lipinski definition) is 0. The zero-order valence-corrected chi connectivity index (χ0v) is 16.2. The minimum atomic E-state index is -1.49. The van der Waals surface area contributed by atoms with E-state index in [0.29, 0.717) is 36.5 Å². The van der Waals surface area contributed by atoms with Crippen LogP contribution in [0.4, 0.5) is 0 Å². The molecule has 2 fully saturated rings. The normalized spacial score (nSPS) is 22.5. The molecule has 0 amide bonds. The Morgan fingerprint density at radius 3 is 2.62 bits per heavy atom. The number of benzene rings is 1. The van der Waals surface area contributed by atoms with E-state index in [-0.39, 0.29) is 4.91 Å². The molecule has 0 aromatic heterocycles. The highest BCUT2D eigenvalue weighted by Gasteiger charge is 2.52. The predicted molar refractivity (Wildman–Crippen MR) is 101 cm³/mol. The van der Waals surface area contributed by atoms with Gasteiger partial charge in [0.1, 0.15) is 33.8 Å². The van der Waals surface area contributed by atoms with E-state index in [9.17, 15) is 9.00 Å². The molecule has 0 radical (unpaired) electrons. The van der Waals surface area contributed by atoms with E-state index in [1.165, 1.54) is 0 Å². The number of carbonyl (C=O) groups is 1. The van der Waals surface area contributed by atoms with E-state index in [1.807, 2.05) is 32.1 Å². The SMILES string of the molecule is COc1cccc(OCC=C(C)C)c1/C=C1\C(=O)OC2(CCCC2)S1=O. The molecule has 3 rings (SSSR count). The Kier molecular flexibility index (Phi) is 5.51. The smallest absolute Gasteiger partial charge is 0.348 e. The molecule has 6 heteroatoms.